The molecule has 0 aliphatic heterocycles. The molecule has 4 heteroatoms. The Bertz CT molecular complexity index is 621. The summed E-state index contributed by atoms with van der Waals surface area (Å²) in [6.07, 6.45) is 2.06. The van der Waals surface area contributed by atoms with E-state index in [0.717, 1.165) is 34.0 Å². The van der Waals surface area contributed by atoms with Crippen LogP contribution in [0.1, 0.15) is 44.8 Å². The first-order valence-corrected chi connectivity index (χ1v) is 8.13. The van der Waals surface area contributed by atoms with Gasteiger partial charge in [-0.05, 0) is 39.2 Å². The number of aromatic nitrogens is 1. The number of thiazole rings is 1. The van der Waals surface area contributed by atoms with E-state index >= 15 is 0 Å². The molecule has 0 unspecified atom stereocenters. The van der Waals surface area contributed by atoms with Crippen molar-refractivity contribution in [1.82, 2.24) is 4.98 Å². The van der Waals surface area contributed by atoms with E-state index in [1.807, 2.05) is 39.0 Å². The Hall–Kier alpha value is -1.68. The maximum atomic E-state index is 6.22. The Kier molecular flexibility index (Phi) is 4.78. The predicted octanol–water partition coefficient (Wildman–Crippen LogP) is 4.27. The van der Waals surface area contributed by atoms with Gasteiger partial charge in [-0.1, -0.05) is 37.3 Å². The van der Waals surface area contributed by atoms with Crippen molar-refractivity contribution in [3.8, 4) is 10.4 Å². The monoisotopic (exact) mass is 301 g/mol. The van der Waals surface area contributed by atoms with Crippen LogP contribution in [0.2, 0.25) is 0 Å². The molecule has 0 radical (unpaired) electrons. The van der Waals surface area contributed by atoms with Crippen molar-refractivity contribution in [2.75, 3.05) is 0 Å². The fraction of sp³-hybridized carbons (Fsp3) is 0.412. The summed E-state index contributed by atoms with van der Waals surface area (Å²) in [7, 11) is 0. The number of amidine groups is 1. The van der Waals surface area contributed by atoms with Gasteiger partial charge in [-0.3, -0.25) is 4.99 Å². The lowest BCUT2D eigenvalue weighted by molar-refractivity contribution is 0.583. The smallest absolute Gasteiger partial charge is 0.146 e. The van der Waals surface area contributed by atoms with Crippen LogP contribution in [0.15, 0.2) is 35.3 Å². The number of hydrogen-bond acceptors (Lipinski definition) is 3. The van der Waals surface area contributed by atoms with Crippen LogP contribution in [0.3, 0.4) is 0 Å². The molecule has 1 aromatic carbocycles. The fourth-order valence-corrected chi connectivity index (χ4v) is 3.24. The Labute approximate surface area is 131 Å². The van der Waals surface area contributed by atoms with E-state index in [9.17, 15) is 0 Å². The molecule has 0 atom stereocenters. The molecule has 21 heavy (non-hydrogen) atoms. The molecule has 0 aliphatic rings. The zero-order valence-corrected chi connectivity index (χ0v) is 14.0. The minimum absolute atomic E-state index is 0.202. The second-order valence-electron chi connectivity index (χ2n) is 6.07. The Morgan fingerprint density at radius 3 is 2.48 bits per heavy atom. The van der Waals surface area contributed by atoms with Crippen molar-refractivity contribution in [3.63, 3.8) is 0 Å². The molecule has 2 aromatic rings. The SMILES string of the molecule is CCCc1nc(C(N)=NC(C)(C)C)c(-c2ccccc2)s1. The maximum Gasteiger partial charge on any atom is 0.146 e. The largest absolute Gasteiger partial charge is 0.382 e. The number of rotatable bonds is 4. The predicted molar refractivity (Wildman–Crippen MR) is 92.0 cm³/mol. The normalized spacial score (nSPS) is 12.7. The van der Waals surface area contributed by atoms with Crippen molar-refractivity contribution in [2.45, 2.75) is 46.1 Å². The molecule has 0 spiro atoms. The first-order chi connectivity index (χ1) is 9.90. The topological polar surface area (TPSA) is 51.3 Å². The highest BCUT2D eigenvalue weighted by Crippen LogP contribution is 2.31. The zero-order valence-electron chi connectivity index (χ0n) is 13.2. The van der Waals surface area contributed by atoms with Gasteiger partial charge in [0.1, 0.15) is 11.5 Å². The molecule has 0 saturated heterocycles. The number of benzene rings is 1. The van der Waals surface area contributed by atoms with Crippen molar-refractivity contribution in [1.29, 1.82) is 0 Å². The molecule has 1 aromatic heterocycles. The minimum atomic E-state index is -0.202. The van der Waals surface area contributed by atoms with Crippen LogP contribution in [0.4, 0.5) is 0 Å². The van der Waals surface area contributed by atoms with Crippen molar-refractivity contribution in [3.05, 3.63) is 41.0 Å². The Balaban J connectivity index is 2.51. The molecule has 0 fully saturated rings. The first-order valence-electron chi connectivity index (χ1n) is 7.31. The molecule has 0 aliphatic carbocycles. The van der Waals surface area contributed by atoms with Crippen LogP contribution >= 0.6 is 11.3 Å². The third kappa shape index (κ3) is 4.14. The summed E-state index contributed by atoms with van der Waals surface area (Å²) in [5, 5.41) is 1.12. The number of aliphatic imine (C=N–C) groups is 1. The van der Waals surface area contributed by atoms with Crippen LogP contribution in [0.5, 0.6) is 0 Å². The summed E-state index contributed by atoms with van der Waals surface area (Å²) < 4.78 is 0. The van der Waals surface area contributed by atoms with E-state index in [2.05, 4.69) is 24.0 Å². The summed E-state index contributed by atoms with van der Waals surface area (Å²) in [6.45, 7) is 8.29. The average molecular weight is 301 g/mol. The van der Waals surface area contributed by atoms with Gasteiger partial charge >= 0.3 is 0 Å². The third-order valence-corrected chi connectivity index (χ3v) is 4.03. The molecule has 2 N–H and O–H groups in total. The molecule has 3 nitrogen and oxygen atoms in total. The second-order valence-corrected chi connectivity index (χ2v) is 7.15. The molecule has 0 amide bonds. The molecule has 2 rings (SSSR count). The summed E-state index contributed by atoms with van der Waals surface area (Å²) >= 11 is 1.72. The average Bonchev–Trinajstić information content (AvgIpc) is 2.82. The third-order valence-electron chi connectivity index (χ3n) is 2.87. The molecule has 1 heterocycles. The van der Waals surface area contributed by atoms with Gasteiger partial charge in [0.15, 0.2) is 0 Å². The quantitative estimate of drug-likeness (QED) is 0.677. The number of nitrogens with two attached hydrogens (primary N) is 1. The van der Waals surface area contributed by atoms with Crippen LogP contribution < -0.4 is 5.73 Å². The molecular formula is C17H23N3S. The van der Waals surface area contributed by atoms with Crippen LogP contribution in [0, 0.1) is 0 Å². The molecule has 112 valence electrons. The van der Waals surface area contributed by atoms with Gasteiger partial charge in [0.25, 0.3) is 0 Å². The van der Waals surface area contributed by atoms with Crippen molar-refractivity contribution in [2.24, 2.45) is 10.7 Å². The van der Waals surface area contributed by atoms with Gasteiger partial charge in [0.2, 0.25) is 0 Å². The second kappa shape index (κ2) is 6.39. The highest BCUT2D eigenvalue weighted by atomic mass is 32.1. The van der Waals surface area contributed by atoms with E-state index in [1.165, 1.54) is 0 Å². The van der Waals surface area contributed by atoms with Gasteiger partial charge in [0.05, 0.1) is 15.4 Å². The fourth-order valence-electron chi connectivity index (χ4n) is 2.06. The molecule has 0 saturated carbocycles. The lowest BCUT2D eigenvalue weighted by atomic mass is 10.1. The Morgan fingerprint density at radius 1 is 1.24 bits per heavy atom. The summed E-state index contributed by atoms with van der Waals surface area (Å²) in [6, 6.07) is 10.3. The maximum absolute atomic E-state index is 6.22. The van der Waals surface area contributed by atoms with E-state index in [0.29, 0.717) is 5.84 Å². The lowest BCUT2D eigenvalue weighted by Crippen LogP contribution is -2.22. The minimum Gasteiger partial charge on any atom is -0.382 e. The van der Waals surface area contributed by atoms with E-state index in [4.69, 9.17) is 10.7 Å². The van der Waals surface area contributed by atoms with Gasteiger partial charge in [0, 0.05) is 0 Å². The van der Waals surface area contributed by atoms with Gasteiger partial charge in [-0.15, -0.1) is 11.3 Å². The van der Waals surface area contributed by atoms with Crippen LogP contribution in [0.25, 0.3) is 10.4 Å². The van der Waals surface area contributed by atoms with E-state index in [1.54, 1.807) is 11.3 Å². The highest BCUT2D eigenvalue weighted by molar-refractivity contribution is 7.15. The van der Waals surface area contributed by atoms with Crippen LogP contribution in [-0.4, -0.2) is 16.4 Å². The van der Waals surface area contributed by atoms with E-state index < -0.39 is 0 Å². The summed E-state index contributed by atoms with van der Waals surface area (Å²) in [5.41, 5.74) is 8.00. The van der Waals surface area contributed by atoms with Gasteiger partial charge in [-0.2, -0.15) is 0 Å². The standard InChI is InChI=1S/C17H23N3S/c1-5-9-13-19-14(16(18)20-17(2,3)4)15(21-13)12-10-7-6-8-11-12/h6-8,10-11H,5,9H2,1-4H3,(H2,18,20). The van der Waals surface area contributed by atoms with Crippen molar-refractivity contribution < 1.29 is 0 Å². The van der Waals surface area contributed by atoms with Crippen LogP contribution in [-0.2, 0) is 6.42 Å². The van der Waals surface area contributed by atoms with Crippen molar-refractivity contribution >= 4 is 17.2 Å². The van der Waals surface area contributed by atoms with Gasteiger partial charge in [-0.25, -0.2) is 4.98 Å². The zero-order chi connectivity index (χ0) is 15.5. The molecular weight excluding hydrogens is 278 g/mol. The first kappa shape index (κ1) is 15.7. The van der Waals surface area contributed by atoms with E-state index in [-0.39, 0.29) is 5.54 Å². The summed E-state index contributed by atoms with van der Waals surface area (Å²) in [5.74, 6) is 0.528. The number of nitrogens with zero attached hydrogens (tertiary/aromatic N) is 2. The van der Waals surface area contributed by atoms with Gasteiger partial charge < -0.3 is 5.73 Å². The number of aryl methyl sites for hydroxylation is 1. The summed E-state index contributed by atoms with van der Waals surface area (Å²) in [4.78, 5) is 10.4. The number of hydrogen-bond donors (Lipinski definition) is 1. The lowest BCUT2D eigenvalue weighted by Gasteiger charge is -2.13. The highest BCUT2D eigenvalue weighted by Gasteiger charge is 2.18. The molecule has 0 bridgehead atoms. The Morgan fingerprint density at radius 2 is 1.90 bits per heavy atom.